The molecule has 6 heteroatoms. The number of amides is 1. The number of benzene rings is 1. The van der Waals surface area contributed by atoms with Gasteiger partial charge in [0.25, 0.3) is 5.91 Å². The Balaban J connectivity index is 1.74. The van der Waals surface area contributed by atoms with Crippen molar-refractivity contribution in [3.05, 3.63) is 41.9 Å². The van der Waals surface area contributed by atoms with E-state index < -0.39 is 5.97 Å². The van der Waals surface area contributed by atoms with Crippen LogP contribution in [0.2, 0.25) is 0 Å². The summed E-state index contributed by atoms with van der Waals surface area (Å²) in [6.07, 6.45) is 3.89. The summed E-state index contributed by atoms with van der Waals surface area (Å²) in [5.41, 5.74) is 2.28. The summed E-state index contributed by atoms with van der Waals surface area (Å²) in [6.45, 7) is 3.25. The van der Waals surface area contributed by atoms with Gasteiger partial charge in [0, 0.05) is 25.1 Å². The number of likely N-dealkylation sites (tertiary alicyclic amines) is 1. The van der Waals surface area contributed by atoms with Crippen LogP contribution in [0.25, 0.3) is 11.3 Å². The molecule has 1 N–H and O–H groups in total. The first-order valence-electron chi connectivity index (χ1n) is 8.56. The second-order valence-corrected chi connectivity index (χ2v) is 6.59. The molecule has 0 spiro atoms. The topological polar surface area (TPSA) is 83.6 Å². The van der Waals surface area contributed by atoms with Gasteiger partial charge in [0.05, 0.1) is 0 Å². The van der Waals surface area contributed by atoms with Crippen molar-refractivity contribution in [2.45, 2.75) is 32.6 Å². The monoisotopic (exact) mass is 342 g/mol. The normalized spacial score (nSPS) is 17.5. The number of aliphatic carboxylic acids is 1. The van der Waals surface area contributed by atoms with Gasteiger partial charge in [0.2, 0.25) is 0 Å². The molecule has 1 amide bonds. The number of aromatic nitrogens is 1. The maximum atomic E-state index is 12.9. The summed E-state index contributed by atoms with van der Waals surface area (Å²) in [5, 5.41) is 8.85. The lowest BCUT2D eigenvalue weighted by Crippen LogP contribution is -2.40. The Kier molecular flexibility index (Phi) is 5.16. The van der Waals surface area contributed by atoms with Gasteiger partial charge in [-0.1, -0.05) is 29.8 Å². The number of carbonyl (C=O) groups is 2. The predicted octanol–water partition coefficient (Wildman–Crippen LogP) is 3.37. The second kappa shape index (κ2) is 7.51. The summed E-state index contributed by atoms with van der Waals surface area (Å²) < 4.78 is 5.47. The van der Waals surface area contributed by atoms with E-state index in [2.05, 4.69) is 4.98 Å². The van der Waals surface area contributed by atoms with Gasteiger partial charge in [-0.15, -0.1) is 0 Å². The molecule has 6 nitrogen and oxygen atoms in total. The summed E-state index contributed by atoms with van der Waals surface area (Å²) in [6, 6.07) is 7.76. The van der Waals surface area contributed by atoms with Crippen molar-refractivity contribution in [3.63, 3.8) is 0 Å². The molecule has 2 aromatic rings. The molecule has 1 aliphatic rings. The molecule has 1 aliphatic heterocycles. The molecular weight excluding hydrogens is 320 g/mol. The summed E-state index contributed by atoms with van der Waals surface area (Å²) in [4.78, 5) is 29.6. The number of carbonyl (C=O) groups excluding carboxylic acids is 1. The minimum atomic E-state index is -0.790. The van der Waals surface area contributed by atoms with Gasteiger partial charge >= 0.3 is 5.97 Å². The van der Waals surface area contributed by atoms with Gasteiger partial charge in [-0.25, -0.2) is 4.98 Å². The maximum Gasteiger partial charge on any atom is 0.303 e. The van der Waals surface area contributed by atoms with Crippen molar-refractivity contribution in [1.82, 2.24) is 9.88 Å². The highest BCUT2D eigenvalue weighted by molar-refractivity contribution is 5.97. The van der Waals surface area contributed by atoms with Crippen molar-refractivity contribution in [3.8, 4) is 11.3 Å². The number of hydrogen-bond acceptors (Lipinski definition) is 4. The number of nitrogens with zero attached hydrogens (tertiary/aromatic N) is 2. The molecule has 0 saturated carbocycles. The van der Waals surface area contributed by atoms with Crippen LogP contribution in [-0.4, -0.2) is 40.0 Å². The molecule has 0 bridgehead atoms. The van der Waals surface area contributed by atoms with Crippen molar-refractivity contribution in [1.29, 1.82) is 0 Å². The fourth-order valence-electron chi connectivity index (χ4n) is 3.27. The molecule has 3 rings (SSSR count). The molecule has 1 aromatic carbocycles. The number of hydrogen-bond donors (Lipinski definition) is 1. The van der Waals surface area contributed by atoms with Gasteiger partial charge in [0.1, 0.15) is 0 Å². The van der Waals surface area contributed by atoms with Gasteiger partial charge < -0.3 is 14.4 Å². The van der Waals surface area contributed by atoms with Gasteiger partial charge in [-0.3, -0.25) is 9.59 Å². The highest BCUT2D eigenvalue weighted by Gasteiger charge is 2.28. The summed E-state index contributed by atoms with van der Waals surface area (Å²) in [5.74, 6) is -0.229. The fraction of sp³-hybridized carbons (Fsp3) is 0.421. The van der Waals surface area contributed by atoms with Crippen LogP contribution in [-0.2, 0) is 4.79 Å². The van der Waals surface area contributed by atoms with Crippen LogP contribution in [0.1, 0.15) is 41.7 Å². The molecule has 1 atom stereocenters. The summed E-state index contributed by atoms with van der Waals surface area (Å²) >= 11 is 0. The van der Waals surface area contributed by atoms with Crippen LogP contribution in [0, 0.1) is 12.8 Å². The quantitative estimate of drug-likeness (QED) is 0.900. The Hall–Kier alpha value is -2.63. The average Bonchev–Trinajstić information content (AvgIpc) is 3.10. The van der Waals surface area contributed by atoms with Crippen molar-refractivity contribution in [2.75, 3.05) is 13.1 Å². The third kappa shape index (κ3) is 4.07. The van der Waals surface area contributed by atoms with Crippen LogP contribution < -0.4 is 0 Å². The lowest BCUT2D eigenvalue weighted by molar-refractivity contribution is -0.137. The number of carboxylic acid groups (broad SMARTS) is 1. The number of carboxylic acids is 1. The smallest absolute Gasteiger partial charge is 0.303 e. The molecule has 0 radical (unpaired) electrons. The Morgan fingerprint density at radius 3 is 2.80 bits per heavy atom. The Morgan fingerprint density at radius 1 is 1.32 bits per heavy atom. The first kappa shape index (κ1) is 17.2. The van der Waals surface area contributed by atoms with Crippen molar-refractivity contribution < 1.29 is 19.1 Å². The molecular formula is C19H22N2O4. The zero-order valence-electron chi connectivity index (χ0n) is 14.3. The van der Waals surface area contributed by atoms with E-state index in [9.17, 15) is 9.59 Å². The van der Waals surface area contributed by atoms with Crippen LogP contribution >= 0.6 is 0 Å². The molecule has 1 unspecified atom stereocenters. The largest absolute Gasteiger partial charge is 0.481 e. The van der Waals surface area contributed by atoms with Gasteiger partial charge in [0.15, 0.2) is 17.8 Å². The third-order valence-corrected chi connectivity index (χ3v) is 4.66. The maximum absolute atomic E-state index is 12.9. The average molecular weight is 342 g/mol. The zero-order chi connectivity index (χ0) is 17.8. The van der Waals surface area contributed by atoms with E-state index in [0.717, 1.165) is 24.0 Å². The van der Waals surface area contributed by atoms with Crippen molar-refractivity contribution >= 4 is 11.9 Å². The first-order chi connectivity index (χ1) is 12.0. The lowest BCUT2D eigenvalue weighted by Gasteiger charge is -2.32. The number of aryl methyl sites for hydroxylation is 1. The van der Waals surface area contributed by atoms with Crippen molar-refractivity contribution in [2.24, 2.45) is 5.92 Å². The molecule has 1 fully saturated rings. The lowest BCUT2D eigenvalue weighted by atomic mass is 9.93. The standard InChI is InChI=1S/C19H22N2O4/c1-13-4-7-15(8-5-13)18-17(20-12-25-18)19(24)21-10-2-3-14(11-21)6-9-16(22)23/h4-5,7-8,12,14H,2-3,6,9-11H2,1H3,(H,22,23). The number of rotatable bonds is 5. The predicted molar refractivity (Wildman–Crippen MR) is 92.2 cm³/mol. The molecule has 2 heterocycles. The molecule has 0 aliphatic carbocycles. The Labute approximate surface area is 146 Å². The Morgan fingerprint density at radius 2 is 2.08 bits per heavy atom. The second-order valence-electron chi connectivity index (χ2n) is 6.59. The van der Waals surface area contributed by atoms with E-state index >= 15 is 0 Å². The van der Waals surface area contributed by atoms with Crippen LogP contribution in [0.3, 0.4) is 0 Å². The van der Waals surface area contributed by atoms with E-state index in [1.54, 1.807) is 4.90 Å². The zero-order valence-corrected chi connectivity index (χ0v) is 14.3. The minimum Gasteiger partial charge on any atom is -0.481 e. The van der Waals surface area contributed by atoms with Crippen LogP contribution in [0.5, 0.6) is 0 Å². The summed E-state index contributed by atoms with van der Waals surface area (Å²) in [7, 11) is 0. The van der Waals surface area contributed by atoms with Crippen LogP contribution in [0.15, 0.2) is 35.1 Å². The molecule has 1 saturated heterocycles. The third-order valence-electron chi connectivity index (χ3n) is 4.66. The van der Waals surface area contributed by atoms with E-state index in [0.29, 0.717) is 31.0 Å². The minimum absolute atomic E-state index is 0.144. The SMILES string of the molecule is Cc1ccc(-c2ocnc2C(=O)N2CCCC(CCC(=O)O)C2)cc1. The highest BCUT2D eigenvalue weighted by atomic mass is 16.4. The van der Waals surface area contributed by atoms with E-state index in [1.165, 1.54) is 6.39 Å². The molecule has 25 heavy (non-hydrogen) atoms. The van der Waals surface area contributed by atoms with E-state index in [4.69, 9.17) is 9.52 Å². The van der Waals surface area contributed by atoms with E-state index in [1.807, 2.05) is 31.2 Å². The van der Waals surface area contributed by atoms with Gasteiger partial charge in [-0.05, 0) is 32.1 Å². The number of piperidine rings is 1. The van der Waals surface area contributed by atoms with E-state index in [-0.39, 0.29) is 18.2 Å². The van der Waals surface area contributed by atoms with Gasteiger partial charge in [-0.2, -0.15) is 0 Å². The Bertz CT molecular complexity index is 751. The fourth-order valence-corrected chi connectivity index (χ4v) is 3.27. The molecule has 1 aromatic heterocycles. The number of oxazole rings is 1. The van der Waals surface area contributed by atoms with Crippen LogP contribution in [0.4, 0.5) is 0 Å². The highest BCUT2D eigenvalue weighted by Crippen LogP contribution is 2.27. The molecule has 132 valence electrons. The first-order valence-corrected chi connectivity index (χ1v) is 8.56.